The molecule has 0 atom stereocenters. The summed E-state index contributed by atoms with van der Waals surface area (Å²) in [5, 5.41) is 9.57. The number of carbonyl (C=O) groups is 1. The lowest BCUT2D eigenvalue weighted by Crippen LogP contribution is -1.86. The van der Waals surface area contributed by atoms with Gasteiger partial charge in [0.15, 0.2) is 6.29 Å². The van der Waals surface area contributed by atoms with Gasteiger partial charge in [-0.15, -0.1) is 0 Å². The highest BCUT2D eigenvalue weighted by molar-refractivity contribution is 9.10. The highest BCUT2D eigenvalue weighted by Crippen LogP contribution is 2.27. The summed E-state index contributed by atoms with van der Waals surface area (Å²) in [6.07, 6.45) is 1.93. The van der Waals surface area contributed by atoms with E-state index in [9.17, 15) is 14.3 Å². The molecule has 0 radical (unpaired) electrons. The summed E-state index contributed by atoms with van der Waals surface area (Å²) in [4.78, 5) is 10.6. The maximum absolute atomic E-state index is 14.2. The van der Waals surface area contributed by atoms with Crippen molar-refractivity contribution in [1.82, 2.24) is 0 Å². The average molecular weight is 335 g/mol. The Kier molecular flexibility index (Phi) is 4.35. The van der Waals surface area contributed by atoms with Gasteiger partial charge in [-0.25, -0.2) is 4.39 Å². The quantitative estimate of drug-likeness (QED) is 0.650. The van der Waals surface area contributed by atoms with E-state index in [1.807, 2.05) is 19.1 Å². The van der Waals surface area contributed by atoms with Gasteiger partial charge in [-0.1, -0.05) is 34.1 Å². The van der Waals surface area contributed by atoms with Gasteiger partial charge in [-0.3, -0.25) is 4.79 Å². The number of aromatic hydroxyl groups is 1. The number of hydrogen-bond donors (Lipinski definition) is 1. The molecule has 0 aliphatic carbocycles. The van der Waals surface area contributed by atoms with Crippen molar-refractivity contribution in [2.24, 2.45) is 0 Å². The van der Waals surface area contributed by atoms with Crippen LogP contribution in [-0.4, -0.2) is 11.4 Å². The number of hydrogen-bond acceptors (Lipinski definition) is 2. The maximum atomic E-state index is 14.2. The van der Waals surface area contributed by atoms with Gasteiger partial charge in [0.05, 0.1) is 5.56 Å². The summed E-state index contributed by atoms with van der Waals surface area (Å²) in [7, 11) is 0. The molecule has 102 valence electrons. The minimum absolute atomic E-state index is 0.139. The molecule has 0 fully saturated rings. The van der Waals surface area contributed by atoms with Crippen LogP contribution in [0.1, 0.15) is 27.0 Å². The Balaban J connectivity index is 2.42. The van der Waals surface area contributed by atoms with Crippen molar-refractivity contribution in [3.05, 3.63) is 63.1 Å². The summed E-state index contributed by atoms with van der Waals surface area (Å²) in [6, 6.07) is 9.60. The lowest BCUT2D eigenvalue weighted by molar-refractivity contribution is 0.112. The molecule has 1 N–H and O–H groups in total. The van der Waals surface area contributed by atoms with Gasteiger partial charge in [0, 0.05) is 10.0 Å². The molecule has 4 heteroatoms. The van der Waals surface area contributed by atoms with Gasteiger partial charge in [0.25, 0.3) is 0 Å². The normalized spacial score (nSPS) is 11.4. The fraction of sp³-hybridized carbons (Fsp3) is 0.0625. The minimum atomic E-state index is -0.473. The molecule has 0 aromatic heterocycles. The smallest absolute Gasteiger partial charge is 0.153 e. The number of rotatable bonds is 3. The van der Waals surface area contributed by atoms with Crippen molar-refractivity contribution in [3.8, 4) is 5.75 Å². The Labute approximate surface area is 124 Å². The van der Waals surface area contributed by atoms with Crippen LogP contribution in [0.15, 0.2) is 40.9 Å². The molecule has 2 aromatic rings. The zero-order valence-electron chi connectivity index (χ0n) is 10.7. The highest BCUT2D eigenvalue weighted by Gasteiger charge is 2.07. The van der Waals surface area contributed by atoms with Crippen molar-refractivity contribution in [1.29, 1.82) is 0 Å². The Morgan fingerprint density at radius 1 is 1.25 bits per heavy atom. The number of benzene rings is 2. The molecular formula is C16H12BrFO2. The molecule has 2 aromatic carbocycles. The van der Waals surface area contributed by atoms with Crippen molar-refractivity contribution >= 4 is 34.1 Å². The molecule has 0 spiro atoms. The molecule has 0 heterocycles. The largest absolute Gasteiger partial charge is 0.507 e. The van der Waals surface area contributed by atoms with E-state index >= 15 is 0 Å². The summed E-state index contributed by atoms with van der Waals surface area (Å²) < 4.78 is 15.1. The second-order valence-corrected chi connectivity index (χ2v) is 5.19. The lowest BCUT2D eigenvalue weighted by Gasteiger charge is -2.05. The summed E-state index contributed by atoms with van der Waals surface area (Å²) >= 11 is 3.39. The number of carbonyl (C=O) groups excluding carboxylic acids is 1. The van der Waals surface area contributed by atoms with Crippen LogP contribution in [0.2, 0.25) is 0 Å². The molecule has 0 aliphatic heterocycles. The van der Waals surface area contributed by atoms with Gasteiger partial charge in [0.2, 0.25) is 0 Å². The second kappa shape index (κ2) is 6.01. The number of halogens is 2. The SMILES string of the molecule is Cc1c(Br)cccc1/C=C(\F)c1ccc(C=O)c(O)c1. The van der Waals surface area contributed by atoms with E-state index in [2.05, 4.69) is 15.9 Å². The first kappa shape index (κ1) is 14.5. The third-order valence-corrected chi connectivity index (χ3v) is 3.88. The molecule has 2 rings (SSSR count). The van der Waals surface area contributed by atoms with Crippen LogP contribution in [0.5, 0.6) is 5.75 Å². The van der Waals surface area contributed by atoms with Crippen LogP contribution in [-0.2, 0) is 0 Å². The Bertz CT molecular complexity index is 693. The van der Waals surface area contributed by atoms with Crippen LogP contribution in [0.25, 0.3) is 11.9 Å². The minimum Gasteiger partial charge on any atom is -0.507 e. The first-order valence-electron chi connectivity index (χ1n) is 5.94. The third-order valence-electron chi connectivity index (χ3n) is 3.02. The lowest BCUT2D eigenvalue weighted by atomic mass is 10.1. The predicted molar refractivity (Wildman–Crippen MR) is 81.4 cm³/mol. The molecule has 0 aliphatic rings. The molecule has 0 saturated heterocycles. The highest BCUT2D eigenvalue weighted by atomic mass is 79.9. The van der Waals surface area contributed by atoms with Gasteiger partial charge < -0.3 is 5.11 Å². The van der Waals surface area contributed by atoms with E-state index in [0.717, 1.165) is 15.6 Å². The Morgan fingerprint density at radius 2 is 2.00 bits per heavy atom. The van der Waals surface area contributed by atoms with E-state index in [4.69, 9.17) is 0 Å². The monoisotopic (exact) mass is 334 g/mol. The van der Waals surface area contributed by atoms with Crippen LogP contribution in [0, 0.1) is 6.92 Å². The second-order valence-electron chi connectivity index (χ2n) is 4.34. The van der Waals surface area contributed by atoms with E-state index in [0.29, 0.717) is 6.29 Å². The van der Waals surface area contributed by atoms with Gasteiger partial charge >= 0.3 is 0 Å². The zero-order valence-corrected chi connectivity index (χ0v) is 12.3. The van der Waals surface area contributed by atoms with Gasteiger partial charge in [0.1, 0.15) is 11.6 Å². The Hall–Kier alpha value is -1.94. The molecule has 0 unspecified atom stereocenters. The van der Waals surface area contributed by atoms with E-state index in [-0.39, 0.29) is 16.9 Å². The fourth-order valence-electron chi connectivity index (χ4n) is 1.79. The van der Waals surface area contributed by atoms with Crippen molar-refractivity contribution in [2.45, 2.75) is 6.92 Å². The number of aldehydes is 1. The van der Waals surface area contributed by atoms with Crippen molar-refractivity contribution in [2.75, 3.05) is 0 Å². The first-order chi connectivity index (χ1) is 9.52. The molecule has 2 nitrogen and oxygen atoms in total. The van der Waals surface area contributed by atoms with E-state index < -0.39 is 5.83 Å². The first-order valence-corrected chi connectivity index (χ1v) is 6.73. The van der Waals surface area contributed by atoms with Crippen LogP contribution >= 0.6 is 15.9 Å². The van der Waals surface area contributed by atoms with E-state index in [1.165, 1.54) is 24.3 Å². The van der Waals surface area contributed by atoms with Crippen molar-refractivity contribution in [3.63, 3.8) is 0 Å². The topological polar surface area (TPSA) is 37.3 Å². The Morgan fingerprint density at radius 3 is 2.65 bits per heavy atom. The van der Waals surface area contributed by atoms with Crippen LogP contribution < -0.4 is 0 Å². The fourth-order valence-corrected chi connectivity index (χ4v) is 2.17. The molecule has 0 amide bonds. The summed E-state index contributed by atoms with van der Waals surface area (Å²) in [5.41, 5.74) is 2.04. The third kappa shape index (κ3) is 2.96. The van der Waals surface area contributed by atoms with Crippen molar-refractivity contribution < 1.29 is 14.3 Å². The van der Waals surface area contributed by atoms with Crippen LogP contribution in [0.3, 0.4) is 0 Å². The molecular weight excluding hydrogens is 323 g/mol. The number of phenolic OH excluding ortho intramolecular Hbond substituents is 1. The zero-order chi connectivity index (χ0) is 14.7. The molecule has 0 saturated carbocycles. The predicted octanol–water partition coefficient (Wildman–Crippen LogP) is 4.74. The summed E-state index contributed by atoms with van der Waals surface area (Å²) in [5.74, 6) is -0.703. The number of phenols is 1. The molecule has 20 heavy (non-hydrogen) atoms. The van der Waals surface area contributed by atoms with Crippen LogP contribution in [0.4, 0.5) is 4.39 Å². The molecule has 0 bridgehead atoms. The standard InChI is InChI=1S/C16H12BrFO2/c1-10-11(3-2-4-14(10)17)7-15(18)12-5-6-13(9-19)16(20)8-12/h2-9,20H,1H3/b15-7-. The van der Waals surface area contributed by atoms with E-state index in [1.54, 1.807) is 6.07 Å². The maximum Gasteiger partial charge on any atom is 0.153 e. The van der Waals surface area contributed by atoms with Gasteiger partial charge in [-0.2, -0.15) is 0 Å². The van der Waals surface area contributed by atoms with Gasteiger partial charge in [-0.05, 0) is 42.3 Å². The average Bonchev–Trinajstić information content (AvgIpc) is 2.43. The summed E-state index contributed by atoms with van der Waals surface area (Å²) in [6.45, 7) is 1.89.